The number of carbonyl (C=O) groups is 2. The number of carbonyl (C=O) groups excluding carboxylic acids is 1. The van der Waals surface area contributed by atoms with E-state index >= 15 is 0 Å². The number of imidazole rings is 1. The van der Waals surface area contributed by atoms with E-state index in [0.717, 1.165) is 11.0 Å². The zero-order chi connectivity index (χ0) is 16.1. The molecule has 1 aromatic heterocycles. The van der Waals surface area contributed by atoms with E-state index in [9.17, 15) is 14.4 Å². The quantitative estimate of drug-likeness (QED) is 0.737. The van der Waals surface area contributed by atoms with Crippen LogP contribution in [0.3, 0.4) is 0 Å². The lowest BCUT2D eigenvalue weighted by Crippen LogP contribution is -2.28. The van der Waals surface area contributed by atoms with Crippen LogP contribution in [-0.4, -0.2) is 32.7 Å². The van der Waals surface area contributed by atoms with Crippen LogP contribution >= 0.6 is 0 Å². The van der Waals surface area contributed by atoms with Crippen molar-refractivity contribution < 1.29 is 14.7 Å². The molecule has 22 heavy (non-hydrogen) atoms. The number of nitrogens with one attached hydrogen (secondary N) is 1. The van der Waals surface area contributed by atoms with Gasteiger partial charge in [-0.05, 0) is 18.6 Å². The number of fused-ring (bicyclic) bond motifs is 1. The van der Waals surface area contributed by atoms with Crippen LogP contribution in [0.1, 0.15) is 19.3 Å². The second-order valence-corrected chi connectivity index (χ2v) is 5.08. The molecule has 0 radical (unpaired) electrons. The monoisotopic (exact) mass is 305 g/mol. The van der Waals surface area contributed by atoms with Crippen LogP contribution < -0.4 is 11.0 Å². The zero-order valence-electron chi connectivity index (χ0n) is 12.4. The van der Waals surface area contributed by atoms with Gasteiger partial charge in [0, 0.05) is 33.0 Å². The Labute approximate surface area is 127 Å². The van der Waals surface area contributed by atoms with Crippen LogP contribution in [0, 0.1) is 0 Å². The molecule has 0 bridgehead atoms. The highest BCUT2D eigenvalue weighted by Crippen LogP contribution is 2.11. The van der Waals surface area contributed by atoms with Gasteiger partial charge in [-0.25, -0.2) is 4.79 Å². The largest absolute Gasteiger partial charge is 0.481 e. The van der Waals surface area contributed by atoms with Crippen molar-refractivity contribution >= 4 is 22.9 Å². The smallest absolute Gasteiger partial charge is 0.328 e. The number of carboxylic acid groups (broad SMARTS) is 1. The normalized spacial score (nSPS) is 10.8. The number of hydrogen-bond donors (Lipinski definition) is 2. The molecule has 0 saturated carbocycles. The third-order valence-corrected chi connectivity index (χ3v) is 3.50. The summed E-state index contributed by atoms with van der Waals surface area (Å²) in [4.78, 5) is 34.3. The van der Waals surface area contributed by atoms with Gasteiger partial charge in [-0.2, -0.15) is 0 Å². The summed E-state index contributed by atoms with van der Waals surface area (Å²) in [7, 11) is 1.70. The molecule has 2 rings (SSSR count). The van der Waals surface area contributed by atoms with E-state index < -0.39 is 5.97 Å². The molecule has 7 heteroatoms. The highest BCUT2D eigenvalue weighted by Gasteiger charge is 2.11. The number of amides is 1. The number of hydrogen-bond acceptors (Lipinski definition) is 3. The Morgan fingerprint density at radius 1 is 1.18 bits per heavy atom. The van der Waals surface area contributed by atoms with E-state index in [2.05, 4.69) is 5.32 Å². The highest BCUT2D eigenvalue weighted by atomic mass is 16.4. The molecule has 0 saturated heterocycles. The van der Waals surface area contributed by atoms with Crippen molar-refractivity contribution in [1.82, 2.24) is 14.5 Å². The van der Waals surface area contributed by atoms with Gasteiger partial charge in [-0.15, -0.1) is 0 Å². The van der Waals surface area contributed by atoms with E-state index in [0.29, 0.717) is 19.5 Å². The summed E-state index contributed by atoms with van der Waals surface area (Å²) in [6.45, 7) is 0.626. The fraction of sp³-hybridized carbons (Fsp3) is 0.400. The molecule has 118 valence electrons. The van der Waals surface area contributed by atoms with E-state index in [-0.39, 0.29) is 24.4 Å². The van der Waals surface area contributed by atoms with Gasteiger partial charge in [-0.3, -0.25) is 18.7 Å². The molecule has 1 heterocycles. The van der Waals surface area contributed by atoms with E-state index in [1.165, 1.54) is 0 Å². The molecule has 0 aliphatic carbocycles. The van der Waals surface area contributed by atoms with Crippen LogP contribution in [0.5, 0.6) is 0 Å². The first-order valence-electron chi connectivity index (χ1n) is 7.13. The Morgan fingerprint density at radius 2 is 1.86 bits per heavy atom. The predicted octanol–water partition coefficient (Wildman–Crippen LogP) is 0.711. The first kappa shape index (κ1) is 15.8. The Bertz CT molecular complexity index is 745. The highest BCUT2D eigenvalue weighted by molar-refractivity contribution is 5.78. The average Bonchev–Trinajstić information content (AvgIpc) is 2.74. The number of rotatable bonds is 7. The average molecular weight is 305 g/mol. The topological polar surface area (TPSA) is 93.3 Å². The maximum Gasteiger partial charge on any atom is 0.328 e. The van der Waals surface area contributed by atoms with Crippen molar-refractivity contribution in [3.63, 3.8) is 0 Å². The lowest BCUT2D eigenvalue weighted by atomic mass is 10.3. The molecule has 2 aromatic rings. The maximum atomic E-state index is 12.2. The Morgan fingerprint density at radius 3 is 2.55 bits per heavy atom. The second-order valence-electron chi connectivity index (χ2n) is 5.08. The SMILES string of the molecule is Cn1c(=O)n(CCC(=O)NCCCC(=O)O)c2ccccc21. The van der Waals surface area contributed by atoms with Gasteiger partial charge in [0.2, 0.25) is 5.91 Å². The van der Waals surface area contributed by atoms with E-state index in [1.54, 1.807) is 16.2 Å². The van der Waals surface area contributed by atoms with Gasteiger partial charge in [0.15, 0.2) is 0 Å². The van der Waals surface area contributed by atoms with Gasteiger partial charge >= 0.3 is 11.7 Å². The molecular weight excluding hydrogens is 286 g/mol. The van der Waals surface area contributed by atoms with Crippen LogP contribution in [0.25, 0.3) is 11.0 Å². The van der Waals surface area contributed by atoms with Crippen molar-refractivity contribution in [2.45, 2.75) is 25.8 Å². The van der Waals surface area contributed by atoms with Crippen LogP contribution in [0.4, 0.5) is 0 Å². The molecule has 1 amide bonds. The minimum atomic E-state index is -0.878. The number of carboxylic acids is 1. The third kappa shape index (κ3) is 3.55. The van der Waals surface area contributed by atoms with Gasteiger partial charge < -0.3 is 10.4 Å². The lowest BCUT2D eigenvalue weighted by molar-refractivity contribution is -0.137. The molecule has 0 fully saturated rings. The van der Waals surface area contributed by atoms with Gasteiger partial charge in [-0.1, -0.05) is 12.1 Å². The minimum absolute atomic E-state index is 0.0308. The first-order chi connectivity index (χ1) is 10.5. The summed E-state index contributed by atoms with van der Waals surface area (Å²) >= 11 is 0. The first-order valence-corrected chi connectivity index (χ1v) is 7.13. The zero-order valence-corrected chi connectivity index (χ0v) is 12.4. The minimum Gasteiger partial charge on any atom is -0.481 e. The summed E-state index contributed by atoms with van der Waals surface area (Å²) in [6, 6.07) is 7.42. The number of para-hydroxylation sites is 2. The van der Waals surface area contributed by atoms with E-state index in [1.807, 2.05) is 24.3 Å². The number of benzene rings is 1. The van der Waals surface area contributed by atoms with Crippen molar-refractivity contribution in [1.29, 1.82) is 0 Å². The summed E-state index contributed by atoms with van der Waals surface area (Å²) < 4.78 is 3.13. The molecule has 0 aliphatic rings. The Kier molecular flexibility index (Phi) is 4.98. The summed E-state index contributed by atoms with van der Waals surface area (Å²) in [6.07, 6.45) is 0.610. The number of aliphatic carboxylic acids is 1. The fourth-order valence-electron chi connectivity index (χ4n) is 2.35. The Hall–Kier alpha value is -2.57. The molecule has 0 spiro atoms. The van der Waals surface area contributed by atoms with Gasteiger partial charge in [0.1, 0.15) is 0 Å². The van der Waals surface area contributed by atoms with Crippen LogP contribution in [0.15, 0.2) is 29.1 Å². The standard InChI is InChI=1S/C15H19N3O4/c1-17-11-5-2-3-6-12(11)18(15(17)22)10-8-13(19)16-9-4-7-14(20)21/h2-3,5-6H,4,7-10H2,1H3,(H,16,19)(H,20,21). The van der Waals surface area contributed by atoms with Crippen molar-refractivity contribution in [2.75, 3.05) is 6.54 Å². The number of nitrogens with zero attached hydrogens (tertiary/aromatic N) is 2. The number of aromatic nitrogens is 2. The van der Waals surface area contributed by atoms with Crippen molar-refractivity contribution in [3.8, 4) is 0 Å². The predicted molar refractivity (Wildman–Crippen MR) is 81.7 cm³/mol. The third-order valence-electron chi connectivity index (χ3n) is 3.50. The summed E-state index contributed by atoms with van der Waals surface area (Å²) in [5.74, 6) is -1.07. The fourth-order valence-corrected chi connectivity index (χ4v) is 2.35. The second kappa shape index (κ2) is 6.93. The van der Waals surface area contributed by atoms with Gasteiger partial charge in [0.25, 0.3) is 0 Å². The van der Waals surface area contributed by atoms with Crippen molar-refractivity contribution in [3.05, 3.63) is 34.7 Å². The van der Waals surface area contributed by atoms with Gasteiger partial charge in [0.05, 0.1) is 11.0 Å². The molecule has 0 atom stereocenters. The summed E-state index contributed by atoms with van der Waals surface area (Å²) in [5, 5.41) is 11.2. The van der Waals surface area contributed by atoms with Crippen LogP contribution in [0.2, 0.25) is 0 Å². The lowest BCUT2D eigenvalue weighted by Gasteiger charge is -2.05. The maximum absolute atomic E-state index is 12.2. The van der Waals surface area contributed by atoms with E-state index in [4.69, 9.17) is 5.11 Å². The number of aryl methyl sites for hydroxylation is 2. The molecule has 2 N–H and O–H groups in total. The molecular formula is C15H19N3O4. The summed E-state index contributed by atoms with van der Waals surface area (Å²) in [5.41, 5.74) is 1.47. The molecule has 0 unspecified atom stereocenters. The molecule has 0 aliphatic heterocycles. The van der Waals surface area contributed by atoms with Crippen molar-refractivity contribution in [2.24, 2.45) is 7.05 Å². The van der Waals surface area contributed by atoms with Crippen LogP contribution in [-0.2, 0) is 23.2 Å². The molecule has 1 aromatic carbocycles. The Balaban J connectivity index is 1.95. The molecule has 7 nitrogen and oxygen atoms in total.